The van der Waals surface area contributed by atoms with Crippen LogP contribution in [0.3, 0.4) is 0 Å². The van der Waals surface area contributed by atoms with Gasteiger partial charge >= 0.3 is 6.03 Å². The molecule has 1 saturated heterocycles. The molecule has 96 valence electrons. The summed E-state index contributed by atoms with van der Waals surface area (Å²) >= 11 is 0. The van der Waals surface area contributed by atoms with Gasteiger partial charge in [-0.05, 0) is 30.2 Å². The second-order valence-corrected chi connectivity index (χ2v) is 4.54. The molecule has 0 unspecified atom stereocenters. The average molecular weight is 247 g/mol. The van der Waals surface area contributed by atoms with E-state index >= 15 is 0 Å². The minimum Gasteiger partial charge on any atom is -0.493 e. The van der Waals surface area contributed by atoms with Gasteiger partial charge in [0.25, 0.3) is 0 Å². The molecule has 18 heavy (non-hydrogen) atoms. The van der Waals surface area contributed by atoms with E-state index in [-0.39, 0.29) is 6.03 Å². The average Bonchev–Trinajstić information content (AvgIpc) is 2.67. The fraction of sp³-hybridized carbons (Fsp3) is 0.308. The van der Waals surface area contributed by atoms with Crippen molar-refractivity contribution in [1.82, 2.24) is 10.9 Å². The molecule has 5 heteroatoms. The lowest BCUT2D eigenvalue weighted by Gasteiger charge is -2.15. The molecule has 0 saturated carbocycles. The maximum absolute atomic E-state index is 11.5. The van der Waals surface area contributed by atoms with Gasteiger partial charge in [0.1, 0.15) is 11.6 Å². The number of carbonyl (C=O) groups excluding carboxylic acids is 1. The molecule has 1 fully saturated rings. The Kier molecular flexibility index (Phi) is 3.41. The molecule has 5 nitrogen and oxygen atoms in total. The van der Waals surface area contributed by atoms with Crippen molar-refractivity contribution in [3.05, 3.63) is 36.7 Å². The first-order valence-corrected chi connectivity index (χ1v) is 5.86. The van der Waals surface area contributed by atoms with E-state index in [1.54, 1.807) is 0 Å². The molecule has 2 rings (SSSR count). The third-order valence-corrected chi connectivity index (χ3v) is 2.46. The number of benzene rings is 1. The highest BCUT2D eigenvalue weighted by Crippen LogP contribution is 2.23. The minimum absolute atomic E-state index is 0.240. The zero-order chi connectivity index (χ0) is 13.1. The first kappa shape index (κ1) is 12.3. The molecule has 0 bridgehead atoms. The van der Waals surface area contributed by atoms with Crippen molar-refractivity contribution in [3.8, 4) is 5.75 Å². The second kappa shape index (κ2) is 5.00. The van der Waals surface area contributed by atoms with E-state index < -0.39 is 0 Å². The normalized spacial score (nSPS) is 14.7. The number of nitrogens with zero attached hydrogens (tertiary/aromatic N) is 1. The molecule has 2 N–H and O–H groups in total. The lowest BCUT2D eigenvalue weighted by atomic mass is 10.2. The molecular formula is C13H17N3O2. The van der Waals surface area contributed by atoms with Gasteiger partial charge in [-0.1, -0.05) is 20.4 Å². The molecule has 1 heterocycles. The number of hydrazine groups is 1. The summed E-state index contributed by atoms with van der Waals surface area (Å²) in [7, 11) is 0. The Morgan fingerprint density at radius 1 is 1.28 bits per heavy atom. The molecule has 0 aromatic heterocycles. The van der Waals surface area contributed by atoms with Crippen molar-refractivity contribution in [1.29, 1.82) is 0 Å². The number of rotatable bonds is 4. The topological polar surface area (TPSA) is 53.6 Å². The maximum atomic E-state index is 11.5. The van der Waals surface area contributed by atoms with E-state index in [2.05, 4.69) is 31.3 Å². The van der Waals surface area contributed by atoms with Crippen LogP contribution in [0.15, 0.2) is 36.7 Å². The standard InChI is InChI=1S/C13H17N3O2/c1-9(2)8-18-12-6-4-11(5-7-12)16-10(3)14-15-13(16)17/h4-7,9,14H,3,8H2,1-2H3,(H,15,17). The SMILES string of the molecule is C=C1NNC(=O)N1c1ccc(OCC(C)C)cc1. The number of urea groups is 1. The number of anilines is 1. The van der Waals surface area contributed by atoms with Crippen LogP contribution in [-0.2, 0) is 0 Å². The number of hydrogen-bond donors (Lipinski definition) is 2. The van der Waals surface area contributed by atoms with Crippen molar-refractivity contribution in [2.45, 2.75) is 13.8 Å². The Labute approximate surface area is 106 Å². The predicted molar refractivity (Wildman–Crippen MR) is 70.1 cm³/mol. The van der Waals surface area contributed by atoms with Gasteiger partial charge in [0.2, 0.25) is 0 Å². The highest BCUT2D eigenvalue weighted by atomic mass is 16.5. The smallest absolute Gasteiger partial charge is 0.346 e. The van der Waals surface area contributed by atoms with Crippen molar-refractivity contribution >= 4 is 11.7 Å². The molecule has 0 aliphatic carbocycles. The molecule has 0 radical (unpaired) electrons. The highest BCUT2D eigenvalue weighted by molar-refractivity contribution is 5.97. The first-order chi connectivity index (χ1) is 8.58. The van der Waals surface area contributed by atoms with Gasteiger partial charge in [0.15, 0.2) is 0 Å². The van der Waals surface area contributed by atoms with Crippen molar-refractivity contribution in [2.24, 2.45) is 5.92 Å². The van der Waals surface area contributed by atoms with E-state index in [4.69, 9.17) is 4.74 Å². The lowest BCUT2D eigenvalue weighted by molar-refractivity contribution is 0.250. The summed E-state index contributed by atoms with van der Waals surface area (Å²) < 4.78 is 5.58. The first-order valence-electron chi connectivity index (χ1n) is 5.86. The molecule has 1 aliphatic heterocycles. The van der Waals surface area contributed by atoms with Crippen LogP contribution in [0, 0.1) is 5.92 Å². The summed E-state index contributed by atoms with van der Waals surface area (Å²) in [6.07, 6.45) is 0. The monoisotopic (exact) mass is 247 g/mol. The molecule has 0 atom stereocenters. The van der Waals surface area contributed by atoms with Crippen molar-refractivity contribution < 1.29 is 9.53 Å². The van der Waals surface area contributed by atoms with Crippen LogP contribution < -0.4 is 20.5 Å². The van der Waals surface area contributed by atoms with Crippen LogP contribution >= 0.6 is 0 Å². The number of amides is 2. The zero-order valence-electron chi connectivity index (χ0n) is 10.6. The quantitative estimate of drug-likeness (QED) is 0.857. The van der Waals surface area contributed by atoms with Crippen molar-refractivity contribution in [3.63, 3.8) is 0 Å². The number of carbonyl (C=O) groups is 1. The van der Waals surface area contributed by atoms with E-state index in [9.17, 15) is 4.79 Å². The molecule has 1 aromatic rings. The number of hydrogen-bond acceptors (Lipinski definition) is 3. The zero-order valence-corrected chi connectivity index (χ0v) is 10.6. The van der Waals surface area contributed by atoms with Crippen LogP contribution in [0.1, 0.15) is 13.8 Å². The van der Waals surface area contributed by atoms with Gasteiger partial charge < -0.3 is 4.74 Å². The van der Waals surface area contributed by atoms with Crippen molar-refractivity contribution in [2.75, 3.05) is 11.5 Å². The van der Waals surface area contributed by atoms with E-state index in [1.807, 2.05) is 24.3 Å². The van der Waals surface area contributed by atoms with Gasteiger partial charge in [-0.15, -0.1) is 0 Å². The summed E-state index contributed by atoms with van der Waals surface area (Å²) in [5.74, 6) is 1.79. The van der Waals surface area contributed by atoms with Crippen LogP contribution in [0.4, 0.5) is 10.5 Å². The summed E-state index contributed by atoms with van der Waals surface area (Å²) in [6.45, 7) is 8.61. The summed E-state index contributed by atoms with van der Waals surface area (Å²) in [4.78, 5) is 13.0. The summed E-state index contributed by atoms with van der Waals surface area (Å²) in [6, 6.07) is 7.10. The molecule has 0 spiro atoms. The maximum Gasteiger partial charge on any atom is 0.346 e. The fourth-order valence-corrected chi connectivity index (χ4v) is 1.59. The second-order valence-electron chi connectivity index (χ2n) is 4.54. The van der Waals surface area contributed by atoms with Gasteiger partial charge in [-0.25, -0.2) is 15.1 Å². The highest BCUT2D eigenvalue weighted by Gasteiger charge is 2.24. The number of ether oxygens (including phenoxy) is 1. The van der Waals surface area contributed by atoms with Crippen LogP contribution in [0.25, 0.3) is 0 Å². The lowest BCUT2D eigenvalue weighted by Crippen LogP contribution is -2.28. The molecular weight excluding hydrogens is 230 g/mol. The van der Waals surface area contributed by atoms with Gasteiger partial charge in [-0.3, -0.25) is 5.43 Å². The summed E-state index contributed by atoms with van der Waals surface area (Å²) in [5, 5.41) is 0. The molecule has 1 aromatic carbocycles. The Morgan fingerprint density at radius 3 is 2.44 bits per heavy atom. The van der Waals surface area contributed by atoms with Gasteiger partial charge in [0.05, 0.1) is 12.3 Å². The molecule has 1 aliphatic rings. The molecule has 2 amide bonds. The Hall–Kier alpha value is -2.17. The van der Waals surface area contributed by atoms with E-state index in [0.717, 1.165) is 11.4 Å². The van der Waals surface area contributed by atoms with Crippen LogP contribution in [-0.4, -0.2) is 12.6 Å². The van der Waals surface area contributed by atoms with Crippen LogP contribution in [0.2, 0.25) is 0 Å². The largest absolute Gasteiger partial charge is 0.493 e. The Balaban J connectivity index is 2.07. The minimum atomic E-state index is -0.240. The van der Waals surface area contributed by atoms with E-state index in [1.165, 1.54) is 4.90 Å². The number of nitrogens with one attached hydrogen (secondary N) is 2. The third-order valence-electron chi connectivity index (χ3n) is 2.46. The van der Waals surface area contributed by atoms with Gasteiger partial charge in [-0.2, -0.15) is 0 Å². The third kappa shape index (κ3) is 2.56. The Morgan fingerprint density at radius 2 is 1.94 bits per heavy atom. The Bertz CT molecular complexity index is 438. The fourth-order valence-electron chi connectivity index (χ4n) is 1.59. The predicted octanol–water partition coefficient (Wildman–Crippen LogP) is 2.23. The van der Waals surface area contributed by atoms with Gasteiger partial charge in [0, 0.05) is 0 Å². The van der Waals surface area contributed by atoms with Crippen LogP contribution in [0.5, 0.6) is 5.75 Å². The summed E-state index contributed by atoms with van der Waals surface area (Å²) in [5.41, 5.74) is 5.90. The van der Waals surface area contributed by atoms with E-state index in [0.29, 0.717) is 18.3 Å².